The summed E-state index contributed by atoms with van der Waals surface area (Å²) in [7, 11) is 0. The van der Waals surface area contributed by atoms with E-state index in [0.717, 1.165) is 76.4 Å². The SMILES string of the molecule is C=C(C)CNC(=S)N1CC[NH+](Cc2nc3sc(C)c(C)c3c(=O)[nH]2)CC1. The number of thiophene rings is 1. The van der Waals surface area contributed by atoms with E-state index in [-0.39, 0.29) is 5.56 Å². The molecule has 1 aliphatic heterocycles. The summed E-state index contributed by atoms with van der Waals surface area (Å²) in [6.07, 6.45) is 0. The minimum Gasteiger partial charge on any atom is -0.359 e. The van der Waals surface area contributed by atoms with Crippen molar-refractivity contribution in [2.75, 3.05) is 32.7 Å². The molecule has 2 aromatic rings. The van der Waals surface area contributed by atoms with Gasteiger partial charge in [-0.3, -0.25) is 4.79 Å². The van der Waals surface area contributed by atoms with E-state index in [2.05, 4.69) is 21.8 Å². The van der Waals surface area contributed by atoms with Gasteiger partial charge in [0.25, 0.3) is 5.56 Å². The van der Waals surface area contributed by atoms with Gasteiger partial charge in [-0.15, -0.1) is 11.3 Å². The van der Waals surface area contributed by atoms with Gasteiger partial charge in [0.15, 0.2) is 10.9 Å². The summed E-state index contributed by atoms with van der Waals surface area (Å²) in [6.45, 7) is 15.1. The van der Waals surface area contributed by atoms with Crippen molar-refractivity contribution in [3.8, 4) is 0 Å². The molecular formula is C18H26N5OS2+. The first-order valence-corrected chi connectivity index (χ1v) is 10.1. The summed E-state index contributed by atoms with van der Waals surface area (Å²) in [5.41, 5.74) is 2.10. The van der Waals surface area contributed by atoms with E-state index in [1.54, 1.807) is 11.3 Å². The van der Waals surface area contributed by atoms with Crippen LogP contribution in [0.3, 0.4) is 0 Å². The minimum atomic E-state index is -0.0185. The number of thiocarbonyl (C=S) groups is 1. The number of nitrogens with one attached hydrogen (secondary N) is 3. The van der Waals surface area contributed by atoms with Crippen LogP contribution in [0.5, 0.6) is 0 Å². The Bertz CT molecular complexity index is 893. The number of hydrogen-bond donors (Lipinski definition) is 3. The van der Waals surface area contributed by atoms with E-state index in [0.29, 0.717) is 0 Å². The third-order valence-corrected chi connectivity index (χ3v) is 6.31. The van der Waals surface area contributed by atoms with Crippen LogP contribution in [-0.4, -0.2) is 52.7 Å². The molecule has 1 fully saturated rings. The molecule has 0 aromatic carbocycles. The molecule has 3 N–H and O–H groups in total. The van der Waals surface area contributed by atoms with Crippen LogP contribution in [-0.2, 0) is 6.54 Å². The van der Waals surface area contributed by atoms with Crippen molar-refractivity contribution in [1.29, 1.82) is 0 Å². The van der Waals surface area contributed by atoms with Crippen molar-refractivity contribution in [2.45, 2.75) is 27.3 Å². The molecule has 0 aliphatic carbocycles. The maximum Gasteiger partial charge on any atom is 0.260 e. The van der Waals surface area contributed by atoms with Crippen molar-refractivity contribution in [3.05, 3.63) is 38.8 Å². The Balaban J connectivity index is 1.61. The van der Waals surface area contributed by atoms with Crippen molar-refractivity contribution in [1.82, 2.24) is 20.2 Å². The van der Waals surface area contributed by atoms with Crippen molar-refractivity contribution < 1.29 is 4.90 Å². The van der Waals surface area contributed by atoms with Gasteiger partial charge in [-0.05, 0) is 38.6 Å². The number of aromatic nitrogens is 2. The molecule has 3 heterocycles. The number of aryl methyl sites for hydroxylation is 2. The maximum atomic E-state index is 12.4. The van der Waals surface area contributed by atoms with Gasteiger partial charge in [-0.25, -0.2) is 4.98 Å². The molecule has 3 rings (SSSR count). The van der Waals surface area contributed by atoms with E-state index in [1.165, 1.54) is 4.90 Å². The van der Waals surface area contributed by atoms with Gasteiger partial charge in [0.1, 0.15) is 11.4 Å². The second kappa shape index (κ2) is 7.85. The zero-order chi connectivity index (χ0) is 18.8. The van der Waals surface area contributed by atoms with Gasteiger partial charge in [-0.1, -0.05) is 12.2 Å². The molecule has 26 heavy (non-hydrogen) atoms. The van der Waals surface area contributed by atoms with E-state index < -0.39 is 0 Å². The number of rotatable bonds is 4. The summed E-state index contributed by atoms with van der Waals surface area (Å²) in [4.78, 5) is 25.7. The Labute approximate surface area is 162 Å². The molecule has 1 saturated heterocycles. The highest BCUT2D eigenvalue weighted by Gasteiger charge is 2.23. The first-order valence-electron chi connectivity index (χ1n) is 8.84. The Kier molecular flexibility index (Phi) is 5.74. The summed E-state index contributed by atoms with van der Waals surface area (Å²) < 4.78 is 0. The average molecular weight is 393 g/mol. The fraction of sp³-hybridized carbons (Fsp3) is 0.500. The Morgan fingerprint density at radius 3 is 2.77 bits per heavy atom. The number of H-pyrrole nitrogens is 1. The van der Waals surface area contributed by atoms with Crippen LogP contribution in [0.15, 0.2) is 16.9 Å². The lowest BCUT2D eigenvalue weighted by molar-refractivity contribution is -0.918. The topological polar surface area (TPSA) is 65.5 Å². The Morgan fingerprint density at radius 1 is 1.42 bits per heavy atom. The largest absolute Gasteiger partial charge is 0.359 e. The van der Waals surface area contributed by atoms with E-state index in [1.807, 2.05) is 20.8 Å². The van der Waals surface area contributed by atoms with E-state index in [4.69, 9.17) is 17.2 Å². The van der Waals surface area contributed by atoms with Crippen LogP contribution in [0, 0.1) is 13.8 Å². The summed E-state index contributed by atoms with van der Waals surface area (Å²) in [5.74, 6) is 0.773. The first-order chi connectivity index (χ1) is 12.3. The molecule has 0 atom stereocenters. The van der Waals surface area contributed by atoms with Crippen molar-refractivity contribution in [2.24, 2.45) is 0 Å². The molecule has 0 radical (unpaired) electrons. The maximum absolute atomic E-state index is 12.4. The Hall–Kier alpha value is -1.77. The molecule has 0 bridgehead atoms. The first kappa shape index (κ1) is 19.0. The molecule has 1 aliphatic rings. The zero-order valence-corrected chi connectivity index (χ0v) is 17.2. The van der Waals surface area contributed by atoms with Gasteiger partial charge in [0.2, 0.25) is 0 Å². The molecule has 0 spiro atoms. The minimum absolute atomic E-state index is 0.0185. The van der Waals surface area contributed by atoms with Gasteiger partial charge in [-0.2, -0.15) is 0 Å². The van der Waals surface area contributed by atoms with Crippen molar-refractivity contribution in [3.63, 3.8) is 0 Å². The van der Waals surface area contributed by atoms with Crippen LogP contribution in [0.2, 0.25) is 0 Å². The number of hydrogen-bond acceptors (Lipinski definition) is 4. The molecule has 0 amide bonds. The van der Waals surface area contributed by atoms with Crippen LogP contribution in [0.4, 0.5) is 0 Å². The van der Waals surface area contributed by atoms with Crippen LogP contribution < -0.4 is 15.8 Å². The summed E-state index contributed by atoms with van der Waals surface area (Å²) in [5, 5.41) is 4.78. The summed E-state index contributed by atoms with van der Waals surface area (Å²) >= 11 is 7.05. The van der Waals surface area contributed by atoms with Crippen LogP contribution >= 0.6 is 23.6 Å². The monoisotopic (exact) mass is 392 g/mol. The summed E-state index contributed by atoms with van der Waals surface area (Å²) in [6, 6.07) is 0. The normalized spacial score (nSPS) is 15.4. The van der Waals surface area contributed by atoms with E-state index >= 15 is 0 Å². The number of fused-ring (bicyclic) bond motifs is 1. The highest BCUT2D eigenvalue weighted by molar-refractivity contribution is 7.80. The molecule has 140 valence electrons. The lowest BCUT2D eigenvalue weighted by Gasteiger charge is -2.33. The predicted octanol–water partition coefficient (Wildman–Crippen LogP) is 0.753. The highest BCUT2D eigenvalue weighted by atomic mass is 32.1. The second-order valence-corrected chi connectivity index (χ2v) is 8.60. The van der Waals surface area contributed by atoms with Gasteiger partial charge in [0, 0.05) is 11.4 Å². The molecule has 8 heteroatoms. The highest BCUT2D eigenvalue weighted by Crippen LogP contribution is 2.25. The smallest absolute Gasteiger partial charge is 0.260 e. The lowest BCUT2D eigenvalue weighted by Crippen LogP contribution is -3.13. The lowest BCUT2D eigenvalue weighted by atomic mass is 10.2. The molecule has 6 nitrogen and oxygen atoms in total. The van der Waals surface area contributed by atoms with Crippen LogP contribution in [0.1, 0.15) is 23.2 Å². The van der Waals surface area contributed by atoms with Crippen LogP contribution in [0.25, 0.3) is 10.2 Å². The number of nitrogens with zero attached hydrogens (tertiary/aromatic N) is 2. The standard InChI is InChI=1S/C18H25N5OS2/c1-11(2)9-19-18(25)23-7-5-22(6-8-23)10-14-20-16(24)15-12(3)13(4)26-17(15)21-14/h1,5-10H2,2-4H3,(H,19,25)(H,20,21,24)/p+1. The van der Waals surface area contributed by atoms with Gasteiger partial charge >= 0.3 is 0 Å². The number of quaternary nitrogens is 1. The van der Waals surface area contributed by atoms with Gasteiger partial charge < -0.3 is 20.1 Å². The molecule has 2 aromatic heterocycles. The van der Waals surface area contributed by atoms with E-state index in [9.17, 15) is 4.79 Å². The second-order valence-electron chi connectivity index (χ2n) is 7.01. The molecule has 0 unspecified atom stereocenters. The number of piperazine rings is 1. The predicted molar refractivity (Wildman–Crippen MR) is 111 cm³/mol. The fourth-order valence-corrected chi connectivity index (χ4v) is 4.46. The van der Waals surface area contributed by atoms with Crippen molar-refractivity contribution >= 4 is 38.9 Å². The third-order valence-electron chi connectivity index (χ3n) is 4.80. The fourth-order valence-electron chi connectivity index (χ4n) is 3.16. The zero-order valence-electron chi connectivity index (χ0n) is 15.6. The third kappa shape index (κ3) is 4.13. The molecule has 0 saturated carbocycles. The quantitative estimate of drug-likeness (QED) is 0.529. The number of aromatic amines is 1. The average Bonchev–Trinajstić information content (AvgIpc) is 2.88. The Morgan fingerprint density at radius 2 is 2.12 bits per heavy atom. The van der Waals surface area contributed by atoms with Gasteiger partial charge in [0.05, 0.1) is 31.6 Å². The molecular weight excluding hydrogens is 366 g/mol.